The van der Waals surface area contributed by atoms with Crippen LogP contribution in [0.15, 0.2) is 0 Å². The third kappa shape index (κ3) is 4.22. The van der Waals surface area contributed by atoms with Gasteiger partial charge in [-0.2, -0.15) is 0 Å². The number of hydrogen-bond donors (Lipinski definition) is 1. The minimum atomic E-state index is -0.803. The van der Waals surface area contributed by atoms with Gasteiger partial charge in [0.2, 0.25) is 18.2 Å². The molecule has 0 spiro atoms. The van der Waals surface area contributed by atoms with E-state index in [0.29, 0.717) is 19.4 Å². The lowest BCUT2D eigenvalue weighted by Gasteiger charge is -2.33. The Hall–Kier alpha value is -2.12. The molecule has 0 radical (unpaired) electrons. The van der Waals surface area contributed by atoms with Crippen LogP contribution in [0.1, 0.15) is 20.3 Å². The van der Waals surface area contributed by atoms with Crippen LogP contribution in [-0.2, 0) is 19.1 Å². The zero-order valence-electron chi connectivity index (χ0n) is 11.8. The fraction of sp³-hybridized carbons (Fsp3) is 0.667. The maximum Gasteiger partial charge on any atom is 0.411 e. The Bertz CT molecular complexity index is 403. The molecule has 1 heterocycles. The normalized spacial score (nSPS) is 16.1. The van der Waals surface area contributed by atoms with E-state index >= 15 is 0 Å². The number of ether oxygens (including phenoxy) is 1. The summed E-state index contributed by atoms with van der Waals surface area (Å²) in [5.41, 5.74) is -0.803. The highest BCUT2D eigenvalue weighted by Crippen LogP contribution is 2.16. The number of likely N-dealkylation sites (N-methyl/N-ethyl adjacent to an activating group) is 1. The van der Waals surface area contributed by atoms with Crippen LogP contribution in [0.3, 0.4) is 0 Å². The molecule has 0 saturated carbocycles. The molecule has 1 fully saturated rings. The molecule has 4 amide bonds. The minimum absolute atomic E-state index is 0.177. The molecule has 0 aromatic carbocycles. The summed E-state index contributed by atoms with van der Waals surface area (Å²) < 4.78 is 5.26. The molecule has 1 rings (SSSR count). The smallest absolute Gasteiger partial charge is 0.411 e. The van der Waals surface area contributed by atoms with Gasteiger partial charge in [0.15, 0.2) is 0 Å². The van der Waals surface area contributed by atoms with Crippen LogP contribution in [0.2, 0.25) is 0 Å². The van der Waals surface area contributed by atoms with Crippen LogP contribution in [0.25, 0.3) is 0 Å². The van der Waals surface area contributed by atoms with Gasteiger partial charge in [-0.05, 0) is 13.8 Å². The molecular weight excluding hydrogens is 266 g/mol. The molecule has 0 aliphatic carbocycles. The SMILES string of the molecule is CN1C(=O)CN(C(=O)OC(C)(C)CCNC=O)CC1=O. The molecule has 0 atom stereocenters. The molecule has 1 aliphatic heterocycles. The number of amides is 4. The molecule has 0 aromatic heterocycles. The Morgan fingerprint density at radius 2 is 1.90 bits per heavy atom. The number of imide groups is 1. The van der Waals surface area contributed by atoms with Crippen molar-refractivity contribution in [3.8, 4) is 0 Å². The molecule has 0 bridgehead atoms. The largest absolute Gasteiger partial charge is 0.443 e. The first-order chi connectivity index (χ1) is 9.26. The highest BCUT2D eigenvalue weighted by atomic mass is 16.6. The van der Waals surface area contributed by atoms with Gasteiger partial charge in [-0.15, -0.1) is 0 Å². The highest BCUT2D eigenvalue weighted by molar-refractivity contribution is 6.01. The second-order valence-electron chi connectivity index (χ2n) is 5.15. The summed E-state index contributed by atoms with van der Waals surface area (Å²) in [7, 11) is 1.38. The standard InChI is InChI=1S/C12H19N3O5/c1-12(2,4-5-13-8-16)20-11(19)15-6-9(17)14(3)10(18)7-15/h8H,4-7H2,1-3H3,(H,13,16). The number of hydrogen-bond acceptors (Lipinski definition) is 5. The number of nitrogens with zero attached hydrogens (tertiary/aromatic N) is 2. The number of carbonyl (C=O) groups excluding carboxylic acids is 4. The van der Waals surface area contributed by atoms with Crippen LogP contribution in [-0.4, -0.2) is 66.4 Å². The Balaban J connectivity index is 2.55. The maximum absolute atomic E-state index is 11.9. The third-order valence-electron chi connectivity index (χ3n) is 2.98. The second-order valence-corrected chi connectivity index (χ2v) is 5.15. The summed E-state index contributed by atoms with van der Waals surface area (Å²) in [6, 6.07) is 0. The fourth-order valence-electron chi connectivity index (χ4n) is 1.65. The van der Waals surface area contributed by atoms with Crippen molar-refractivity contribution in [3.63, 3.8) is 0 Å². The van der Waals surface area contributed by atoms with Gasteiger partial charge in [0.05, 0.1) is 0 Å². The Morgan fingerprint density at radius 1 is 1.35 bits per heavy atom. The predicted octanol–water partition coefficient (Wildman–Crippen LogP) is -0.662. The molecule has 1 saturated heterocycles. The number of carbonyl (C=O) groups is 4. The van der Waals surface area contributed by atoms with Gasteiger partial charge in [0.25, 0.3) is 0 Å². The summed E-state index contributed by atoms with van der Waals surface area (Å²) in [6.07, 6.45) is 0.277. The van der Waals surface area contributed by atoms with E-state index in [-0.39, 0.29) is 13.1 Å². The van der Waals surface area contributed by atoms with Crippen LogP contribution < -0.4 is 5.32 Å². The second kappa shape index (κ2) is 6.36. The lowest BCUT2D eigenvalue weighted by atomic mass is 10.1. The first-order valence-electron chi connectivity index (χ1n) is 6.21. The van der Waals surface area contributed by atoms with Crippen LogP contribution in [0.4, 0.5) is 4.79 Å². The molecule has 1 N–H and O–H groups in total. The summed E-state index contributed by atoms with van der Waals surface area (Å²) in [5, 5.41) is 2.48. The van der Waals surface area contributed by atoms with Gasteiger partial charge < -0.3 is 10.1 Å². The van der Waals surface area contributed by atoms with E-state index < -0.39 is 23.5 Å². The first kappa shape index (κ1) is 15.9. The molecule has 112 valence electrons. The summed E-state index contributed by atoms with van der Waals surface area (Å²) >= 11 is 0. The zero-order valence-corrected chi connectivity index (χ0v) is 11.8. The lowest BCUT2D eigenvalue weighted by Crippen LogP contribution is -2.55. The number of nitrogens with one attached hydrogen (secondary N) is 1. The Kier molecular flexibility index (Phi) is 5.06. The zero-order chi connectivity index (χ0) is 15.3. The predicted molar refractivity (Wildman–Crippen MR) is 68.6 cm³/mol. The maximum atomic E-state index is 11.9. The minimum Gasteiger partial charge on any atom is -0.443 e. The quantitative estimate of drug-likeness (QED) is 0.411. The average Bonchev–Trinajstić information content (AvgIpc) is 2.34. The van der Waals surface area contributed by atoms with E-state index in [9.17, 15) is 19.2 Å². The third-order valence-corrected chi connectivity index (χ3v) is 2.98. The van der Waals surface area contributed by atoms with E-state index in [4.69, 9.17) is 4.74 Å². The summed E-state index contributed by atoms with van der Waals surface area (Å²) in [4.78, 5) is 47.2. The van der Waals surface area contributed by atoms with Gasteiger partial charge >= 0.3 is 6.09 Å². The van der Waals surface area contributed by atoms with Crippen molar-refractivity contribution in [2.45, 2.75) is 25.9 Å². The Morgan fingerprint density at radius 3 is 2.40 bits per heavy atom. The van der Waals surface area contributed by atoms with Gasteiger partial charge in [0.1, 0.15) is 18.7 Å². The average molecular weight is 285 g/mol. The van der Waals surface area contributed by atoms with Crippen molar-refractivity contribution in [2.75, 3.05) is 26.7 Å². The van der Waals surface area contributed by atoms with Crippen molar-refractivity contribution >= 4 is 24.3 Å². The summed E-state index contributed by atoms with van der Waals surface area (Å²) in [5.74, 6) is -0.891. The topological polar surface area (TPSA) is 96.0 Å². The highest BCUT2D eigenvalue weighted by Gasteiger charge is 2.34. The van der Waals surface area contributed by atoms with Crippen LogP contribution in [0, 0.1) is 0 Å². The van der Waals surface area contributed by atoms with E-state index in [1.165, 1.54) is 7.05 Å². The van der Waals surface area contributed by atoms with E-state index in [1.807, 2.05) is 0 Å². The van der Waals surface area contributed by atoms with Gasteiger partial charge in [-0.1, -0.05) is 0 Å². The van der Waals surface area contributed by atoms with Gasteiger partial charge in [-0.25, -0.2) is 4.79 Å². The van der Waals surface area contributed by atoms with Crippen molar-refractivity contribution in [3.05, 3.63) is 0 Å². The first-order valence-corrected chi connectivity index (χ1v) is 6.21. The number of rotatable bonds is 5. The number of piperazine rings is 1. The van der Waals surface area contributed by atoms with E-state index in [0.717, 1.165) is 9.80 Å². The van der Waals surface area contributed by atoms with Crippen molar-refractivity contribution < 1.29 is 23.9 Å². The molecule has 8 heteroatoms. The Labute approximate surface area is 117 Å². The van der Waals surface area contributed by atoms with Crippen molar-refractivity contribution in [1.82, 2.24) is 15.1 Å². The van der Waals surface area contributed by atoms with Gasteiger partial charge in [0, 0.05) is 20.0 Å². The molecule has 1 aliphatic rings. The molecule has 20 heavy (non-hydrogen) atoms. The summed E-state index contributed by atoms with van der Waals surface area (Å²) in [6.45, 7) is 3.39. The monoisotopic (exact) mass is 285 g/mol. The lowest BCUT2D eigenvalue weighted by molar-refractivity contribution is -0.149. The molecule has 0 unspecified atom stereocenters. The van der Waals surface area contributed by atoms with Crippen LogP contribution in [0.5, 0.6) is 0 Å². The van der Waals surface area contributed by atoms with Gasteiger partial charge in [-0.3, -0.25) is 24.2 Å². The molecule has 8 nitrogen and oxygen atoms in total. The van der Waals surface area contributed by atoms with E-state index in [2.05, 4.69) is 5.32 Å². The van der Waals surface area contributed by atoms with E-state index in [1.54, 1.807) is 13.8 Å². The molecule has 0 aromatic rings. The van der Waals surface area contributed by atoms with Crippen molar-refractivity contribution in [2.24, 2.45) is 0 Å². The van der Waals surface area contributed by atoms with Crippen LogP contribution >= 0.6 is 0 Å². The fourth-order valence-corrected chi connectivity index (χ4v) is 1.65. The van der Waals surface area contributed by atoms with Crippen molar-refractivity contribution in [1.29, 1.82) is 0 Å². The molecular formula is C12H19N3O5.